The topological polar surface area (TPSA) is 37.3 Å². The van der Waals surface area contributed by atoms with Crippen molar-refractivity contribution < 1.29 is 9.90 Å². The number of carboxylic acid groups (broad SMARTS) is 1. The maximum absolute atomic E-state index is 11.1. The molecule has 16 heavy (non-hydrogen) atoms. The summed E-state index contributed by atoms with van der Waals surface area (Å²) in [4.78, 5) is 11.1. The summed E-state index contributed by atoms with van der Waals surface area (Å²) in [7, 11) is 0. The zero-order chi connectivity index (χ0) is 12.3. The van der Waals surface area contributed by atoms with E-state index in [-0.39, 0.29) is 11.8 Å². The van der Waals surface area contributed by atoms with Crippen LogP contribution >= 0.6 is 0 Å². The molecule has 1 aromatic rings. The van der Waals surface area contributed by atoms with Gasteiger partial charge in [0.1, 0.15) is 0 Å². The number of aryl methyl sites for hydroxylation is 2. The van der Waals surface area contributed by atoms with Crippen molar-refractivity contribution in [3.8, 4) is 0 Å². The lowest BCUT2D eigenvalue weighted by molar-refractivity contribution is -0.143. The van der Waals surface area contributed by atoms with Gasteiger partial charge in [0.15, 0.2) is 0 Å². The van der Waals surface area contributed by atoms with Crippen molar-refractivity contribution >= 4 is 5.97 Å². The van der Waals surface area contributed by atoms with Crippen molar-refractivity contribution in [3.05, 3.63) is 34.9 Å². The van der Waals surface area contributed by atoms with E-state index in [4.69, 9.17) is 5.11 Å². The first-order chi connectivity index (χ1) is 7.41. The van der Waals surface area contributed by atoms with E-state index >= 15 is 0 Å². The number of hydrogen-bond acceptors (Lipinski definition) is 1. The molecule has 0 aliphatic carbocycles. The van der Waals surface area contributed by atoms with E-state index in [0.717, 1.165) is 5.56 Å². The highest BCUT2D eigenvalue weighted by molar-refractivity contribution is 5.70. The fourth-order valence-corrected chi connectivity index (χ4v) is 1.79. The van der Waals surface area contributed by atoms with Crippen molar-refractivity contribution in [1.82, 2.24) is 0 Å². The molecule has 0 aliphatic heterocycles. The Morgan fingerprint density at radius 1 is 1.25 bits per heavy atom. The lowest BCUT2D eigenvalue weighted by atomic mass is 9.88. The molecule has 0 fully saturated rings. The van der Waals surface area contributed by atoms with Crippen LogP contribution in [0, 0.1) is 25.7 Å². The van der Waals surface area contributed by atoms with Crippen LogP contribution < -0.4 is 0 Å². The second-order valence-electron chi connectivity index (χ2n) is 4.81. The van der Waals surface area contributed by atoms with Crippen LogP contribution in [0.25, 0.3) is 0 Å². The summed E-state index contributed by atoms with van der Waals surface area (Å²) < 4.78 is 0. The molecule has 1 rings (SSSR count). The summed E-state index contributed by atoms with van der Waals surface area (Å²) in [5.41, 5.74) is 3.59. The van der Waals surface area contributed by atoms with Gasteiger partial charge in [-0.1, -0.05) is 32.0 Å². The summed E-state index contributed by atoms with van der Waals surface area (Å²) in [6.45, 7) is 8.04. The van der Waals surface area contributed by atoms with E-state index in [1.807, 2.05) is 19.9 Å². The normalized spacial score (nSPS) is 12.8. The fraction of sp³-hybridized carbons (Fsp3) is 0.500. The average molecular weight is 220 g/mol. The first-order valence-electron chi connectivity index (χ1n) is 5.70. The molecule has 88 valence electrons. The summed E-state index contributed by atoms with van der Waals surface area (Å²) in [5.74, 6) is -0.825. The third-order valence-corrected chi connectivity index (χ3v) is 3.15. The van der Waals surface area contributed by atoms with Crippen molar-refractivity contribution in [2.24, 2.45) is 11.8 Å². The third-order valence-electron chi connectivity index (χ3n) is 3.15. The molecule has 0 saturated carbocycles. The smallest absolute Gasteiger partial charge is 0.307 e. The predicted octanol–water partition coefficient (Wildman–Crippen LogP) is 3.20. The molecule has 0 radical (unpaired) electrons. The van der Waals surface area contributed by atoms with Gasteiger partial charge in [-0.25, -0.2) is 0 Å². The Balaban J connectivity index is 2.86. The predicted molar refractivity (Wildman–Crippen MR) is 65.6 cm³/mol. The lowest BCUT2D eigenvalue weighted by Crippen LogP contribution is -2.22. The van der Waals surface area contributed by atoms with Crippen LogP contribution in [0.5, 0.6) is 0 Å². The van der Waals surface area contributed by atoms with E-state index < -0.39 is 5.97 Å². The van der Waals surface area contributed by atoms with E-state index in [1.165, 1.54) is 11.1 Å². The quantitative estimate of drug-likeness (QED) is 0.846. The Hall–Kier alpha value is -1.31. The largest absolute Gasteiger partial charge is 0.481 e. The van der Waals surface area contributed by atoms with E-state index in [1.54, 1.807) is 0 Å². The highest BCUT2D eigenvalue weighted by atomic mass is 16.4. The van der Waals surface area contributed by atoms with Crippen LogP contribution in [-0.4, -0.2) is 11.1 Å². The number of hydrogen-bond donors (Lipinski definition) is 1. The van der Waals surface area contributed by atoms with Crippen molar-refractivity contribution in [2.45, 2.75) is 34.1 Å². The summed E-state index contributed by atoms with van der Waals surface area (Å²) in [6.07, 6.45) is 0.619. The maximum Gasteiger partial charge on any atom is 0.307 e. The minimum Gasteiger partial charge on any atom is -0.481 e. The van der Waals surface area contributed by atoms with E-state index in [2.05, 4.69) is 26.0 Å². The van der Waals surface area contributed by atoms with Gasteiger partial charge in [0, 0.05) is 0 Å². The standard InChI is InChI=1S/C14H20O2/c1-9(2)13(14(15)16)8-12-6-5-10(3)11(4)7-12/h5-7,9,13H,8H2,1-4H3,(H,15,16). The van der Waals surface area contributed by atoms with Crippen molar-refractivity contribution in [2.75, 3.05) is 0 Å². The average Bonchev–Trinajstić information content (AvgIpc) is 2.18. The van der Waals surface area contributed by atoms with Gasteiger partial charge in [0.05, 0.1) is 5.92 Å². The third kappa shape index (κ3) is 3.09. The SMILES string of the molecule is Cc1ccc(CC(C(=O)O)C(C)C)cc1C. The number of carbonyl (C=O) groups is 1. The molecule has 2 nitrogen and oxygen atoms in total. The molecule has 2 heteroatoms. The van der Waals surface area contributed by atoms with Gasteiger partial charge in [-0.15, -0.1) is 0 Å². The summed E-state index contributed by atoms with van der Waals surface area (Å²) in [6, 6.07) is 6.18. The van der Waals surface area contributed by atoms with E-state index in [0.29, 0.717) is 6.42 Å². The zero-order valence-corrected chi connectivity index (χ0v) is 10.4. The molecule has 0 amide bonds. The molecule has 0 saturated heterocycles. The number of aliphatic carboxylic acids is 1. The van der Waals surface area contributed by atoms with Gasteiger partial charge >= 0.3 is 5.97 Å². The van der Waals surface area contributed by atoms with Crippen LogP contribution in [0.1, 0.15) is 30.5 Å². The molecular formula is C14H20O2. The molecule has 1 atom stereocenters. The maximum atomic E-state index is 11.1. The molecular weight excluding hydrogens is 200 g/mol. The summed E-state index contributed by atoms with van der Waals surface area (Å²) in [5, 5.41) is 9.13. The fourth-order valence-electron chi connectivity index (χ4n) is 1.79. The van der Waals surface area contributed by atoms with Gasteiger partial charge < -0.3 is 5.11 Å². The Kier molecular flexibility index (Phi) is 4.11. The lowest BCUT2D eigenvalue weighted by Gasteiger charge is -2.16. The van der Waals surface area contributed by atoms with Gasteiger partial charge in [0.2, 0.25) is 0 Å². The Bertz CT molecular complexity index is 380. The molecule has 0 heterocycles. The zero-order valence-electron chi connectivity index (χ0n) is 10.4. The first-order valence-corrected chi connectivity index (χ1v) is 5.70. The van der Waals surface area contributed by atoms with Crippen LogP contribution in [0.2, 0.25) is 0 Å². The highest BCUT2D eigenvalue weighted by Gasteiger charge is 2.21. The van der Waals surface area contributed by atoms with Crippen LogP contribution in [-0.2, 0) is 11.2 Å². The van der Waals surface area contributed by atoms with Crippen LogP contribution in [0.15, 0.2) is 18.2 Å². The van der Waals surface area contributed by atoms with Gasteiger partial charge in [-0.2, -0.15) is 0 Å². The second kappa shape index (κ2) is 5.15. The van der Waals surface area contributed by atoms with E-state index in [9.17, 15) is 4.79 Å². The van der Waals surface area contributed by atoms with Crippen molar-refractivity contribution in [1.29, 1.82) is 0 Å². The summed E-state index contributed by atoms with van der Waals surface area (Å²) >= 11 is 0. The first kappa shape index (κ1) is 12.8. The molecule has 0 aromatic heterocycles. The van der Waals surface area contributed by atoms with Gasteiger partial charge in [0.25, 0.3) is 0 Å². The van der Waals surface area contributed by atoms with Gasteiger partial charge in [-0.3, -0.25) is 4.79 Å². The Labute approximate surface area is 97.3 Å². The van der Waals surface area contributed by atoms with Gasteiger partial charge in [-0.05, 0) is 42.9 Å². The molecule has 1 aromatic carbocycles. The molecule has 1 unspecified atom stereocenters. The second-order valence-corrected chi connectivity index (χ2v) is 4.81. The van der Waals surface area contributed by atoms with Crippen LogP contribution in [0.3, 0.4) is 0 Å². The molecule has 0 spiro atoms. The van der Waals surface area contributed by atoms with Crippen molar-refractivity contribution in [3.63, 3.8) is 0 Å². The molecule has 0 bridgehead atoms. The monoisotopic (exact) mass is 220 g/mol. The Morgan fingerprint density at radius 3 is 2.31 bits per heavy atom. The Morgan fingerprint density at radius 2 is 1.88 bits per heavy atom. The molecule has 0 aliphatic rings. The number of benzene rings is 1. The minimum atomic E-state index is -0.701. The minimum absolute atomic E-state index is 0.166. The number of rotatable bonds is 4. The highest BCUT2D eigenvalue weighted by Crippen LogP contribution is 2.19. The molecule has 1 N–H and O–H groups in total. The number of carboxylic acids is 1. The van der Waals surface area contributed by atoms with Crippen LogP contribution in [0.4, 0.5) is 0 Å².